The minimum Gasteiger partial charge on any atom is -0.335 e. The molecule has 1 atom stereocenters. The molecule has 5 rings (SSSR count). The van der Waals surface area contributed by atoms with Gasteiger partial charge in [0.25, 0.3) is 11.6 Å². The summed E-state index contributed by atoms with van der Waals surface area (Å²) in [7, 11) is 1.80. The summed E-state index contributed by atoms with van der Waals surface area (Å²) >= 11 is 1.56. The largest absolute Gasteiger partial charge is 0.335 e. The molecule has 6 nitrogen and oxygen atoms in total. The second-order valence-corrected chi connectivity index (χ2v) is 8.41. The number of thiophene rings is 1. The number of fused-ring (bicyclic) bond motifs is 1. The highest BCUT2D eigenvalue weighted by atomic mass is 32.1. The zero-order valence-corrected chi connectivity index (χ0v) is 18.4. The van der Waals surface area contributed by atoms with Crippen LogP contribution in [0.1, 0.15) is 33.4 Å². The SMILES string of the molecule is Cc1noc2nc(-c3cccs3)cc(C(=O)N(C)[C@H](c3ccccc3)c3ccccn3)c12. The smallest absolute Gasteiger partial charge is 0.259 e. The summed E-state index contributed by atoms with van der Waals surface area (Å²) in [5.74, 6) is -0.152. The average molecular weight is 441 g/mol. The predicted octanol–water partition coefficient (Wildman–Crippen LogP) is 5.52. The summed E-state index contributed by atoms with van der Waals surface area (Å²) in [6.07, 6.45) is 1.74. The van der Waals surface area contributed by atoms with Gasteiger partial charge in [-0.1, -0.05) is 47.6 Å². The van der Waals surface area contributed by atoms with Crippen molar-refractivity contribution in [3.63, 3.8) is 0 Å². The molecule has 4 heterocycles. The Morgan fingerprint density at radius 3 is 2.59 bits per heavy atom. The van der Waals surface area contributed by atoms with Crippen LogP contribution in [0.3, 0.4) is 0 Å². The summed E-state index contributed by atoms with van der Waals surface area (Å²) in [4.78, 5) is 25.7. The van der Waals surface area contributed by atoms with E-state index in [9.17, 15) is 4.79 Å². The van der Waals surface area contributed by atoms with Crippen molar-refractivity contribution in [2.75, 3.05) is 7.05 Å². The number of carbonyl (C=O) groups excluding carboxylic acids is 1. The summed E-state index contributed by atoms with van der Waals surface area (Å²) in [5, 5.41) is 6.68. The Balaban J connectivity index is 1.64. The molecule has 5 aromatic rings. The normalized spacial score (nSPS) is 12.1. The van der Waals surface area contributed by atoms with E-state index < -0.39 is 0 Å². The standard InChI is InChI=1S/C25H20N4O2S/c1-16-22-18(15-20(21-12-8-14-32-21)27-24(22)31-28-16)25(30)29(2)23(17-9-4-3-5-10-17)19-11-6-7-13-26-19/h3-15,23H,1-2H3/t23-/m1/s1. The van der Waals surface area contributed by atoms with Crippen molar-refractivity contribution in [2.24, 2.45) is 0 Å². The van der Waals surface area contributed by atoms with Crippen molar-refractivity contribution >= 4 is 28.3 Å². The van der Waals surface area contributed by atoms with E-state index >= 15 is 0 Å². The summed E-state index contributed by atoms with van der Waals surface area (Å²) in [6.45, 7) is 1.82. The average Bonchev–Trinajstić information content (AvgIpc) is 3.50. The fourth-order valence-corrected chi connectivity index (χ4v) is 4.57. The first-order valence-corrected chi connectivity index (χ1v) is 11.1. The Hall–Kier alpha value is -3.84. The molecule has 0 bridgehead atoms. The van der Waals surface area contributed by atoms with E-state index in [0.29, 0.717) is 28.1 Å². The Labute approximate surface area is 189 Å². The predicted molar refractivity (Wildman–Crippen MR) is 124 cm³/mol. The molecular formula is C25H20N4O2S. The number of hydrogen-bond donors (Lipinski definition) is 0. The van der Waals surface area contributed by atoms with Gasteiger partial charge in [-0.2, -0.15) is 0 Å². The zero-order chi connectivity index (χ0) is 22.1. The maximum atomic E-state index is 13.9. The van der Waals surface area contributed by atoms with Gasteiger partial charge in [-0.3, -0.25) is 9.78 Å². The van der Waals surface area contributed by atoms with Gasteiger partial charge in [-0.05, 0) is 42.1 Å². The van der Waals surface area contributed by atoms with E-state index in [-0.39, 0.29) is 11.9 Å². The number of pyridine rings is 2. The molecule has 0 saturated heterocycles. The lowest BCUT2D eigenvalue weighted by atomic mass is 10.00. The van der Waals surface area contributed by atoms with Crippen molar-refractivity contribution in [1.82, 2.24) is 20.0 Å². The molecule has 0 aliphatic carbocycles. The molecule has 1 amide bonds. The molecule has 0 saturated carbocycles. The lowest BCUT2D eigenvalue weighted by Crippen LogP contribution is -2.32. The molecule has 4 aromatic heterocycles. The molecule has 32 heavy (non-hydrogen) atoms. The van der Waals surface area contributed by atoms with Crippen LogP contribution in [-0.2, 0) is 0 Å². The number of aryl methyl sites for hydroxylation is 1. The van der Waals surface area contributed by atoms with Crippen LogP contribution in [0.5, 0.6) is 0 Å². The fraction of sp³-hybridized carbons (Fsp3) is 0.120. The van der Waals surface area contributed by atoms with Crippen LogP contribution < -0.4 is 0 Å². The van der Waals surface area contributed by atoms with E-state index in [2.05, 4.69) is 15.1 Å². The molecule has 0 spiro atoms. The van der Waals surface area contributed by atoms with Crippen molar-refractivity contribution in [3.05, 3.63) is 101 Å². The third-order valence-electron chi connectivity index (χ3n) is 5.41. The minimum atomic E-state index is -0.349. The monoisotopic (exact) mass is 440 g/mol. The number of carbonyl (C=O) groups is 1. The van der Waals surface area contributed by atoms with Gasteiger partial charge in [0, 0.05) is 13.2 Å². The molecule has 7 heteroatoms. The van der Waals surface area contributed by atoms with Gasteiger partial charge in [0.2, 0.25) is 0 Å². The molecule has 1 aromatic carbocycles. The third-order valence-corrected chi connectivity index (χ3v) is 6.30. The van der Waals surface area contributed by atoms with Crippen molar-refractivity contribution in [1.29, 1.82) is 0 Å². The van der Waals surface area contributed by atoms with E-state index in [1.807, 2.05) is 79.0 Å². The Morgan fingerprint density at radius 2 is 1.88 bits per heavy atom. The first-order chi connectivity index (χ1) is 15.6. The summed E-state index contributed by atoms with van der Waals surface area (Å²) in [5.41, 5.74) is 3.97. The molecule has 158 valence electrons. The molecule has 0 radical (unpaired) electrons. The van der Waals surface area contributed by atoms with Crippen LogP contribution in [-0.4, -0.2) is 33.0 Å². The third kappa shape index (κ3) is 3.56. The van der Waals surface area contributed by atoms with E-state index in [4.69, 9.17) is 4.52 Å². The number of hydrogen-bond acceptors (Lipinski definition) is 6. The van der Waals surface area contributed by atoms with E-state index in [0.717, 1.165) is 16.1 Å². The van der Waals surface area contributed by atoms with Gasteiger partial charge in [-0.25, -0.2) is 4.98 Å². The molecule has 0 unspecified atom stereocenters. The van der Waals surface area contributed by atoms with E-state index in [1.165, 1.54) is 0 Å². The van der Waals surface area contributed by atoms with Crippen molar-refractivity contribution < 1.29 is 9.32 Å². The summed E-state index contributed by atoms with van der Waals surface area (Å²) in [6, 6.07) is 21.1. The number of benzene rings is 1. The van der Waals surface area contributed by atoms with Crippen LogP contribution in [0.15, 0.2) is 82.8 Å². The Morgan fingerprint density at radius 1 is 1.06 bits per heavy atom. The second-order valence-electron chi connectivity index (χ2n) is 7.46. The van der Waals surface area contributed by atoms with Crippen LogP contribution in [0, 0.1) is 6.92 Å². The minimum absolute atomic E-state index is 0.152. The lowest BCUT2D eigenvalue weighted by Gasteiger charge is -2.28. The second kappa shape index (κ2) is 8.36. The number of aromatic nitrogens is 3. The zero-order valence-electron chi connectivity index (χ0n) is 17.6. The molecule has 0 aliphatic heterocycles. The van der Waals surface area contributed by atoms with Gasteiger partial charge in [0.05, 0.1) is 39.0 Å². The van der Waals surface area contributed by atoms with Crippen LogP contribution >= 0.6 is 11.3 Å². The highest BCUT2D eigenvalue weighted by Gasteiger charge is 2.28. The van der Waals surface area contributed by atoms with E-state index in [1.54, 1.807) is 29.5 Å². The first kappa shape index (κ1) is 20.1. The van der Waals surface area contributed by atoms with Crippen LogP contribution in [0.25, 0.3) is 21.7 Å². The maximum Gasteiger partial charge on any atom is 0.259 e. The first-order valence-electron chi connectivity index (χ1n) is 10.2. The fourth-order valence-electron chi connectivity index (χ4n) is 3.89. The molecule has 0 N–H and O–H groups in total. The van der Waals surface area contributed by atoms with Gasteiger partial charge in [0.1, 0.15) is 0 Å². The number of amides is 1. The van der Waals surface area contributed by atoms with Crippen molar-refractivity contribution in [3.8, 4) is 10.6 Å². The Bertz CT molecular complexity index is 1330. The van der Waals surface area contributed by atoms with Gasteiger partial charge < -0.3 is 9.42 Å². The summed E-state index contributed by atoms with van der Waals surface area (Å²) < 4.78 is 5.45. The van der Waals surface area contributed by atoms with Crippen LogP contribution in [0.2, 0.25) is 0 Å². The van der Waals surface area contributed by atoms with Gasteiger partial charge in [0.15, 0.2) is 0 Å². The quantitative estimate of drug-likeness (QED) is 0.360. The van der Waals surface area contributed by atoms with Crippen molar-refractivity contribution in [2.45, 2.75) is 13.0 Å². The maximum absolute atomic E-state index is 13.9. The molecular weight excluding hydrogens is 420 g/mol. The van der Waals surface area contributed by atoms with Gasteiger partial charge >= 0.3 is 0 Å². The lowest BCUT2D eigenvalue weighted by molar-refractivity contribution is 0.0754. The molecule has 0 aliphatic rings. The number of rotatable bonds is 5. The topological polar surface area (TPSA) is 72.1 Å². The highest BCUT2D eigenvalue weighted by Crippen LogP contribution is 2.33. The Kier molecular flexibility index (Phi) is 5.25. The number of nitrogens with zero attached hydrogens (tertiary/aromatic N) is 4. The van der Waals surface area contributed by atoms with Crippen LogP contribution in [0.4, 0.5) is 0 Å². The highest BCUT2D eigenvalue weighted by molar-refractivity contribution is 7.13. The van der Waals surface area contributed by atoms with Gasteiger partial charge in [-0.15, -0.1) is 11.3 Å². The molecule has 0 fully saturated rings.